The van der Waals surface area contributed by atoms with Crippen LogP contribution in [0.2, 0.25) is 0 Å². The number of nitrogens with zero attached hydrogens (tertiary/aromatic N) is 3. The number of amides is 1. The summed E-state index contributed by atoms with van der Waals surface area (Å²) in [7, 11) is 0. The fourth-order valence-electron chi connectivity index (χ4n) is 3.46. The Labute approximate surface area is 158 Å². The maximum Gasteiger partial charge on any atom is 0.257 e. The number of carbonyl (C=O) groups is 1. The van der Waals surface area contributed by atoms with Crippen molar-refractivity contribution >= 4 is 28.1 Å². The van der Waals surface area contributed by atoms with Gasteiger partial charge in [0.15, 0.2) is 0 Å². The van der Waals surface area contributed by atoms with Gasteiger partial charge in [-0.1, -0.05) is 42.5 Å². The molecule has 1 N–H and O–H groups in total. The topological polar surface area (TPSA) is 65.3 Å². The molecule has 0 spiro atoms. The van der Waals surface area contributed by atoms with Crippen LogP contribution in [0, 0.1) is 0 Å². The van der Waals surface area contributed by atoms with E-state index in [1.165, 1.54) is 0 Å². The number of hydrogen-bond acceptors (Lipinski definition) is 4. The standard InChI is InChI=1S/C22H21N3O2/c26-21-18-12-6-5-11-17(18)20(24-23-16-9-3-1-4-10-16)15-19(21)22(27)25-13-7-2-8-14-25/h1,3-6,9-12,15,26H,2,7-8,13-14H2. The van der Waals surface area contributed by atoms with E-state index in [-0.39, 0.29) is 17.2 Å². The summed E-state index contributed by atoms with van der Waals surface area (Å²) in [5, 5.41) is 20.8. The highest BCUT2D eigenvalue weighted by Crippen LogP contribution is 2.37. The molecule has 0 saturated carbocycles. The molecule has 5 heteroatoms. The van der Waals surface area contributed by atoms with E-state index in [2.05, 4.69) is 10.2 Å². The number of rotatable bonds is 3. The highest BCUT2D eigenvalue weighted by atomic mass is 16.3. The highest BCUT2D eigenvalue weighted by molar-refractivity contribution is 6.07. The molecular formula is C22H21N3O2. The van der Waals surface area contributed by atoms with Crippen LogP contribution in [-0.4, -0.2) is 29.0 Å². The summed E-state index contributed by atoms with van der Waals surface area (Å²) in [5.74, 6) is -0.131. The van der Waals surface area contributed by atoms with Crippen LogP contribution in [0.5, 0.6) is 5.75 Å². The van der Waals surface area contributed by atoms with Crippen LogP contribution in [0.1, 0.15) is 29.6 Å². The Morgan fingerprint density at radius 3 is 2.26 bits per heavy atom. The second kappa shape index (κ2) is 7.58. The van der Waals surface area contributed by atoms with E-state index in [9.17, 15) is 9.90 Å². The van der Waals surface area contributed by atoms with Gasteiger partial charge in [-0.3, -0.25) is 4.79 Å². The number of aromatic hydroxyl groups is 1. The van der Waals surface area contributed by atoms with Crippen LogP contribution in [-0.2, 0) is 0 Å². The molecule has 0 atom stereocenters. The molecule has 1 saturated heterocycles. The lowest BCUT2D eigenvalue weighted by Crippen LogP contribution is -2.35. The van der Waals surface area contributed by atoms with Gasteiger partial charge in [0.05, 0.1) is 16.9 Å². The minimum absolute atomic E-state index is 0.0137. The van der Waals surface area contributed by atoms with Crippen molar-refractivity contribution < 1.29 is 9.90 Å². The molecule has 1 amide bonds. The van der Waals surface area contributed by atoms with Crippen molar-refractivity contribution in [2.75, 3.05) is 13.1 Å². The summed E-state index contributed by atoms with van der Waals surface area (Å²) < 4.78 is 0. The quantitative estimate of drug-likeness (QED) is 0.620. The van der Waals surface area contributed by atoms with Crippen molar-refractivity contribution in [2.45, 2.75) is 19.3 Å². The van der Waals surface area contributed by atoms with Crippen molar-refractivity contribution in [3.63, 3.8) is 0 Å². The summed E-state index contributed by atoms with van der Waals surface area (Å²) in [5.41, 5.74) is 1.60. The Bertz CT molecular complexity index is 993. The normalized spacial score (nSPS) is 14.7. The lowest BCUT2D eigenvalue weighted by atomic mass is 10.0. The number of piperidine rings is 1. The van der Waals surface area contributed by atoms with Gasteiger partial charge in [0.25, 0.3) is 5.91 Å². The average Bonchev–Trinajstić information content (AvgIpc) is 2.74. The fraction of sp³-hybridized carbons (Fsp3) is 0.227. The molecule has 0 unspecified atom stereocenters. The number of benzene rings is 3. The van der Waals surface area contributed by atoms with Gasteiger partial charge in [-0.15, -0.1) is 5.11 Å². The third-order valence-corrected chi connectivity index (χ3v) is 4.90. The monoisotopic (exact) mass is 359 g/mol. The van der Waals surface area contributed by atoms with E-state index in [0.29, 0.717) is 11.1 Å². The lowest BCUT2D eigenvalue weighted by Gasteiger charge is -2.27. The molecule has 136 valence electrons. The summed E-state index contributed by atoms with van der Waals surface area (Å²) in [6.07, 6.45) is 3.14. The first-order valence-electron chi connectivity index (χ1n) is 9.25. The van der Waals surface area contributed by atoms with Gasteiger partial charge < -0.3 is 10.0 Å². The number of azo groups is 1. The number of phenolic OH excluding ortho intramolecular Hbond substituents is 1. The highest BCUT2D eigenvalue weighted by Gasteiger charge is 2.23. The first-order valence-corrected chi connectivity index (χ1v) is 9.25. The number of likely N-dealkylation sites (tertiary alicyclic amines) is 1. The SMILES string of the molecule is O=C(c1cc(N=Nc2ccccc2)c2ccccc2c1O)N1CCCCC1. The van der Waals surface area contributed by atoms with Gasteiger partial charge >= 0.3 is 0 Å². The van der Waals surface area contributed by atoms with Crippen LogP contribution >= 0.6 is 0 Å². The first kappa shape index (κ1) is 17.2. The molecule has 3 aromatic rings. The van der Waals surface area contributed by atoms with Crippen LogP contribution in [0.3, 0.4) is 0 Å². The van der Waals surface area contributed by atoms with Crippen molar-refractivity contribution in [3.05, 3.63) is 66.2 Å². The summed E-state index contributed by atoms with van der Waals surface area (Å²) in [4.78, 5) is 14.8. The molecular weight excluding hydrogens is 338 g/mol. The zero-order valence-electron chi connectivity index (χ0n) is 15.0. The van der Waals surface area contributed by atoms with Crippen molar-refractivity contribution in [1.29, 1.82) is 0 Å². The van der Waals surface area contributed by atoms with Gasteiger partial charge in [-0.2, -0.15) is 5.11 Å². The van der Waals surface area contributed by atoms with Crippen molar-refractivity contribution in [2.24, 2.45) is 10.2 Å². The van der Waals surface area contributed by atoms with Gasteiger partial charge in [0, 0.05) is 23.9 Å². The Kier molecular flexibility index (Phi) is 4.83. The van der Waals surface area contributed by atoms with Gasteiger partial charge in [0.2, 0.25) is 0 Å². The molecule has 1 aliphatic rings. The van der Waals surface area contributed by atoms with Gasteiger partial charge in [0.1, 0.15) is 5.75 Å². The molecule has 0 aromatic heterocycles. The molecule has 5 nitrogen and oxygen atoms in total. The minimum Gasteiger partial charge on any atom is -0.506 e. The first-order chi connectivity index (χ1) is 13.2. The number of hydrogen-bond donors (Lipinski definition) is 1. The van der Waals surface area contributed by atoms with E-state index in [1.54, 1.807) is 12.1 Å². The fourth-order valence-corrected chi connectivity index (χ4v) is 3.46. The molecule has 1 fully saturated rings. The zero-order valence-corrected chi connectivity index (χ0v) is 15.0. The van der Waals surface area contributed by atoms with Crippen LogP contribution in [0.15, 0.2) is 70.9 Å². The molecule has 27 heavy (non-hydrogen) atoms. The van der Waals surface area contributed by atoms with Crippen molar-refractivity contribution in [1.82, 2.24) is 4.90 Å². The van der Waals surface area contributed by atoms with E-state index >= 15 is 0 Å². The van der Waals surface area contributed by atoms with Crippen LogP contribution in [0.4, 0.5) is 11.4 Å². The van der Waals surface area contributed by atoms with Gasteiger partial charge in [-0.05, 0) is 37.5 Å². The van der Waals surface area contributed by atoms with E-state index < -0.39 is 0 Å². The zero-order chi connectivity index (χ0) is 18.6. The second-order valence-corrected chi connectivity index (χ2v) is 6.73. The molecule has 1 heterocycles. The Morgan fingerprint density at radius 1 is 0.852 bits per heavy atom. The number of fused-ring (bicyclic) bond motifs is 1. The van der Waals surface area contributed by atoms with E-state index in [1.807, 2.05) is 53.4 Å². The Morgan fingerprint density at radius 2 is 1.52 bits per heavy atom. The van der Waals surface area contributed by atoms with E-state index in [4.69, 9.17) is 0 Å². The molecule has 0 bridgehead atoms. The molecule has 0 radical (unpaired) electrons. The molecule has 0 aliphatic carbocycles. The predicted molar refractivity (Wildman–Crippen MR) is 106 cm³/mol. The van der Waals surface area contributed by atoms with E-state index in [0.717, 1.165) is 43.4 Å². The summed E-state index contributed by atoms with van der Waals surface area (Å²) >= 11 is 0. The Hall–Kier alpha value is -3.21. The molecule has 4 rings (SSSR count). The van der Waals surface area contributed by atoms with Gasteiger partial charge in [-0.25, -0.2) is 0 Å². The lowest BCUT2D eigenvalue weighted by molar-refractivity contribution is 0.0721. The minimum atomic E-state index is -0.144. The number of carbonyl (C=O) groups excluding carboxylic acids is 1. The maximum absolute atomic E-state index is 13.0. The Balaban J connectivity index is 1.79. The maximum atomic E-state index is 13.0. The average molecular weight is 359 g/mol. The molecule has 1 aliphatic heterocycles. The third-order valence-electron chi connectivity index (χ3n) is 4.90. The molecule has 3 aromatic carbocycles. The second-order valence-electron chi connectivity index (χ2n) is 6.73. The smallest absolute Gasteiger partial charge is 0.257 e. The predicted octanol–water partition coefficient (Wildman–Crippen LogP) is 5.59. The van der Waals surface area contributed by atoms with Crippen LogP contribution in [0.25, 0.3) is 10.8 Å². The summed E-state index contributed by atoms with van der Waals surface area (Å²) in [6, 6.07) is 18.5. The summed E-state index contributed by atoms with van der Waals surface area (Å²) in [6.45, 7) is 1.46. The third kappa shape index (κ3) is 3.53. The number of phenols is 1. The van der Waals surface area contributed by atoms with Crippen molar-refractivity contribution in [3.8, 4) is 5.75 Å². The van der Waals surface area contributed by atoms with Crippen LogP contribution < -0.4 is 0 Å². The largest absolute Gasteiger partial charge is 0.506 e.